The number of benzene rings is 2. The molecular weight excluding hydrogens is 414 g/mol. The molecule has 0 N–H and O–H groups in total. The zero-order chi connectivity index (χ0) is 22.4. The van der Waals surface area contributed by atoms with Crippen molar-refractivity contribution in [2.24, 2.45) is 5.92 Å². The smallest absolute Gasteiger partial charge is 0.222 e. The highest BCUT2D eigenvalue weighted by molar-refractivity contribution is 7.92. The lowest BCUT2D eigenvalue weighted by molar-refractivity contribution is -0.134. The Balaban J connectivity index is 1.53. The van der Waals surface area contributed by atoms with Gasteiger partial charge in [-0.2, -0.15) is 0 Å². The molecule has 31 heavy (non-hydrogen) atoms. The molecule has 7 heteroatoms. The molecule has 0 aromatic heterocycles. The molecule has 2 aromatic carbocycles. The lowest BCUT2D eigenvalue weighted by Crippen LogP contribution is -2.57. The number of methoxy groups -OCH3 is 1. The van der Waals surface area contributed by atoms with Gasteiger partial charge in [0.1, 0.15) is 6.61 Å². The molecule has 0 bridgehead atoms. The van der Waals surface area contributed by atoms with E-state index >= 15 is 0 Å². The van der Waals surface area contributed by atoms with Crippen molar-refractivity contribution in [3.05, 3.63) is 59.7 Å². The highest BCUT2D eigenvalue weighted by Crippen LogP contribution is 2.29. The van der Waals surface area contributed by atoms with Crippen LogP contribution in [0.25, 0.3) is 0 Å². The van der Waals surface area contributed by atoms with Crippen LogP contribution in [0.15, 0.2) is 48.5 Å². The van der Waals surface area contributed by atoms with Gasteiger partial charge in [-0.3, -0.25) is 4.79 Å². The van der Waals surface area contributed by atoms with Crippen molar-refractivity contribution in [1.82, 2.24) is 4.90 Å². The summed E-state index contributed by atoms with van der Waals surface area (Å²) in [6.07, 6.45) is 0.895. The third-order valence-corrected chi connectivity index (χ3v) is 7.81. The first kappa shape index (κ1) is 23.1. The molecule has 1 amide bonds. The molecule has 0 saturated carbocycles. The molecule has 1 aliphatic heterocycles. The topological polar surface area (TPSA) is 72.9 Å². The summed E-state index contributed by atoms with van der Waals surface area (Å²) in [7, 11) is -1.52. The number of carbonyl (C=O) groups excluding carboxylic acids is 1. The Labute approximate surface area is 185 Å². The zero-order valence-electron chi connectivity index (χ0n) is 18.4. The van der Waals surface area contributed by atoms with E-state index in [1.165, 1.54) is 0 Å². The number of likely N-dealkylation sites (tertiary alicyclic amines) is 1. The van der Waals surface area contributed by atoms with Crippen molar-refractivity contribution in [2.75, 3.05) is 26.0 Å². The SMILES string of the molecule is COc1ccc(CCC(=O)N2CC(S(=O)(=O)CC(C)C)C2)cc1OCc1ccccc1. The van der Waals surface area contributed by atoms with Gasteiger partial charge in [0.2, 0.25) is 5.91 Å². The van der Waals surface area contributed by atoms with E-state index in [0.29, 0.717) is 44.0 Å². The Morgan fingerprint density at radius 1 is 1.06 bits per heavy atom. The predicted octanol–water partition coefficient (Wildman–Crippen LogP) is 3.49. The summed E-state index contributed by atoms with van der Waals surface area (Å²) in [6.45, 7) is 4.83. The molecule has 1 saturated heterocycles. The number of carbonyl (C=O) groups is 1. The minimum Gasteiger partial charge on any atom is -0.493 e. The fraction of sp³-hybridized carbons (Fsp3) is 0.458. The monoisotopic (exact) mass is 445 g/mol. The molecule has 0 aliphatic carbocycles. The molecular formula is C24H31NO5S. The summed E-state index contributed by atoms with van der Waals surface area (Å²) in [5, 5.41) is -0.419. The highest BCUT2D eigenvalue weighted by atomic mass is 32.2. The van der Waals surface area contributed by atoms with E-state index in [2.05, 4.69) is 0 Å². The quantitative estimate of drug-likeness (QED) is 0.560. The van der Waals surface area contributed by atoms with Gasteiger partial charge in [0, 0.05) is 19.5 Å². The van der Waals surface area contributed by atoms with E-state index in [4.69, 9.17) is 9.47 Å². The van der Waals surface area contributed by atoms with Crippen LogP contribution in [0.2, 0.25) is 0 Å². The third-order valence-electron chi connectivity index (χ3n) is 5.37. The van der Waals surface area contributed by atoms with Gasteiger partial charge < -0.3 is 14.4 Å². The summed E-state index contributed by atoms with van der Waals surface area (Å²) < 4.78 is 35.9. The van der Waals surface area contributed by atoms with E-state index in [9.17, 15) is 13.2 Å². The van der Waals surface area contributed by atoms with Crippen molar-refractivity contribution in [3.63, 3.8) is 0 Å². The Bertz CT molecular complexity index is 982. The normalized spacial score (nSPS) is 14.4. The Hall–Kier alpha value is -2.54. The molecule has 168 valence electrons. The minimum absolute atomic E-state index is 0.0152. The molecule has 2 aromatic rings. The summed E-state index contributed by atoms with van der Waals surface area (Å²) in [6, 6.07) is 15.6. The van der Waals surface area contributed by atoms with Crippen LogP contribution in [0.3, 0.4) is 0 Å². The highest BCUT2D eigenvalue weighted by Gasteiger charge is 2.39. The largest absolute Gasteiger partial charge is 0.493 e. The van der Waals surface area contributed by atoms with Crippen LogP contribution in [0.4, 0.5) is 0 Å². The first-order valence-corrected chi connectivity index (χ1v) is 12.3. The van der Waals surface area contributed by atoms with Gasteiger partial charge in [0.15, 0.2) is 21.3 Å². The minimum atomic E-state index is -3.12. The van der Waals surface area contributed by atoms with Crippen LogP contribution in [-0.2, 0) is 27.7 Å². The standard InChI is InChI=1S/C24H31NO5S/c1-18(2)17-31(27,28)21-14-25(15-21)24(26)12-10-19-9-11-22(29-3)23(13-19)30-16-20-7-5-4-6-8-20/h4-9,11,13,18,21H,10,12,14-17H2,1-3H3. The van der Waals surface area contributed by atoms with Crippen molar-refractivity contribution in [1.29, 1.82) is 0 Å². The summed E-state index contributed by atoms with van der Waals surface area (Å²) >= 11 is 0. The van der Waals surface area contributed by atoms with Gasteiger partial charge in [-0.1, -0.05) is 50.2 Å². The molecule has 0 spiro atoms. The fourth-order valence-corrected chi connectivity index (χ4v) is 5.62. The van der Waals surface area contributed by atoms with E-state index in [1.54, 1.807) is 12.0 Å². The maximum absolute atomic E-state index is 12.5. The first-order chi connectivity index (χ1) is 14.8. The fourth-order valence-electron chi connectivity index (χ4n) is 3.60. The van der Waals surface area contributed by atoms with Gasteiger partial charge in [-0.15, -0.1) is 0 Å². The number of amides is 1. The number of hydrogen-bond donors (Lipinski definition) is 0. The number of sulfone groups is 1. The Morgan fingerprint density at radius 2 is 1.77 bits per heavy atom. The van der Waals surface area contributed by atoms with Crippen molar-refractivity contribution in [2.45, 2.75) is 38.5 Å². The summed E-state index contributed by atoms with van der Waals surface area (Å²) in [5.41, 5.74) is 2.03. The molecule has 0 unspecified atom stereocenters. The van der Waals surface area contributed by atoms with Crippen molar-refractivity contribution < 1.29 is 22.7 Å². The maximum Gasteiger partial charge on any atom is 0.222 e. The summed E-state index contributed by atoms with van der Waals surface area (Å²) in [4.78, 5) is 14.1. The lowest BCUT2D eigenvalue weighted by Gasteiger charge is -2.39. The molecule has 1 fully saturated rings. The lowest BCUT2D eigenvalue weighted by atomic mass is 10.1. The van der Waals surface area contributed by atoms with Gasteiger partial charge in [0.25, 0.3) is 0 Å². The van der Waals surface area contributed by atoms with Crippen LogP contribution in [-0.4, -0.2) is 50.4 Å². The average molecular weight is 446 g/mol. The number of nitrogens with zero attached hydrogens (tertiary/aromatic N) is 1. The zero-order valence-corrected chi connectivity index (χ0v) is 19.2. The number of hydrogen-bond acceptors (Lipinski definition) is 5. The van der Waals surface area contributed by atoms with Gasteiger partial charge in [-0.25, -0.2) is 8.42 Å². The predicted molar refractivity (Wildman–Crippen MR) is 121 cm³/mol. The van der Waals surface area contributed by atoms with Crippen LogP contribution in [0, 0.1) is 5.92 Å². The van der Waals surface area contributed by atoms with E-state index in [-0.39, 0.29) is 17.6 Å². The second-order valence-electron chi connectivity index (χ2n) is 8.40. The van der Waals surface area contributed by atoms with E-state index in [0.717, 1.165) is 11.1 Å². The number of rotatable bonds is 10. The molecule has 3 rings (SSSR count). The van der Waals surface area contributed by atoms with Crippen LogP contribution in [0.1, 0.15) is 31.4 Å². The average Bonchev–Trinajstić information content (AvgIpc) is 2.69. The molecule has 1 heterocycles. The van der Waals surface area contributed by atoms with Crippen molar-refractivity contribution >= 4 is 15.7 Å². The molecule has 0 atom stereocenters. The van der Waals surface area contributed by atoms with Gasteiger partial charge in [-0.05, 0) is 35.6 Å². The Morgan fingerprint density at radius 3 is 2.42 bits per heavy atom. The van der Waals surface area contributed by atoms with E-state index < -0.39 is 15.1 Å². The Kier molecular flexibility index (Phi) is 7.59. The van der Waals surface area contributed by atoms with Gasteiger partial charge >= 0.3 is 0 Å². The maximum atomic E-state index is 12.5. The third kappa shape index (κ3) is 6.23. The summed E-state index contributed by atoms with van der Waals surface area (Å²) in [5.74, 6) is 1.55. The molecule has 0 radical (unpaired) electrons. The van der Waals surface area contributed by atoms with Crippen molar-refractivity contribution in [3.8, 4) is 11.5 Å². The van der Waals surface area contributed by atoms with Gasteiger partial charge in [0.05, 0.1) is 18.1 Å². The number of ether oxygens (including phenoxy) is 2. The first-order valence-electron chi connectivity index (χ1n) is 10.6. The second kappa shape index (κ2) is 10.2. The van der Waals surface area contributed by atoms with E-state index in [1.807, 2.05) is 62.4 Å². The second-order valence-corrected chi connectivity index (χ2v) is 10.7. The number of aryl methyl sites for hydroxylation is 1. The van der Waals surface area contributed by atoms with Crippen LogP contribution in [0.5, 0.6) is 11.5 Å². The van der Waals surface area contributed by atoms with Crippen LogP contribution < -0.4 is 9.47 Å². The molecule has 6 nitrogen and oxygen atoms in total. The van der Waals surface area contributed by atoms with Crippen LogP contribution >= 0.6 is 0 Å². The molecule has 1 aliphatic rings.